The van der Waals surface area contributed by atoms with E-state index in [2.05, 4.69) is 4.98 Å². The van der Waals surface area contributed by atoms with E-state index in [0.29, 0.717) is 0 Å². The van der Waals surface area contributed by atoms with Crippen LogP contribution in [0.5, 0.6) is 0 Å². The highest BCUT2D eigenvalue weighted by Crippen LogP contribution is 2.30. The molecule has 1 aromatic heterocycles. The Kier molecular flexibility index (Phi) is 2.77. The lowest BCUT2D eigenvalue weighted by molar-refractivity contribution is -0.149. The zero-order valence-corrected chi connectivity index (χ0v) is 7.10. The van der Waals surface area contributed by atoms with Crippen LogP contribution in [0.4, 0.5) is 13.2 Å². The maximum Gasteiger partial charge on any atom is 0.407 e. The van der Waals surface area contributed by atoms with Crippen LogP contribution in [-0.4, -0.2) is 11.2 Å². The molecule has 0 saturated heterocycles. The Bertz CT molecular complexity index is 300. The van der Waals surface area contributed by atoms with Gasteiger partial charge in [-0.1, -0.05) is 11.6 Å². The molecule has 6 heteroatoms. The summed E-state index contributed by atoms with van der Waals surface area (Å²) >= 11 is 5.45. The van der Waals surface area contributed by atoms with Gasteiger partial charge in [-0.25, -0.2) is 0 Å². The minimum Gasteiger partial charge on any atom is -0.316 e. The second-order valence-corrected chi connectivity index (χ2v) is 2.89. The van der Waals surface area contributed by atoms with E-state index in [9.17, 15) is 13.2 Å². The number of pyridine rings is 1. The molecule has 0 amide bonds. The van der Waals surface area contributed by atoms with Gasteiger partial charge in [0.25, 0.3) is 0 Å². The fourth-order valence-corrected chi connectivity index (χ4v) is 0.970. The highest BCUT2D eigenvalue weighted by atomic mass is 35.5. The molecular weight excluding hydrogens is 205 g/mol. The van der Waals surface area contributed by atoms with Crippen LogP contribution in [0.25, 0.3) is 0 Å². The summed E-state index contributed by atoms with van der Waals surface area (Å²) in [4.78, 5) is 3.51. The molecule has 0 spiro atoms. The molecule has 0 radical (unpaired) electrons. The zero-order chi connectivity index (χ0) is 10.1. The largest absolute Gasteiger partial charge is 0.407 e. The normalized spacial score (nSPS) is 14.2. The highest BCUT2D eigenvalue weighted by Gasteiger charge is 2.37. The fourth-order valence-electron chi connectivity index (χ4n) is 0.787. The smallest absolute Gasteiger partial charge is 0.316 e. The van der Waals surface area contributed by atoms with Gasteiger partial charge in [0.15, 0.2) is 0 Å². The number of hydrogen-bond donors (Lipinski definition) is 1. The van der Waals surface area contributed by atoms with Crippen molar-refractivity contribution in [2.75, 3.05) is 0 Å². The van der Waals surface area contributed by atoms with Gasteiger partial charge in [-0.05, 0) is 11.6 Å². The van der Waals surface area contributed by atoms with E-state index in [0.717, 1.165) is 12.3 Å². The van der Waals surface area contributed by atoms with Crippen molar-refractivity contribution in [3.05, 3.63) is 29.0 Å². The van der Waals surface area contributed by atoms with Crippen molar-refractivity contribution in [2.45, 2.75) is 12.2 Å². The third-order valence-corrected chi connectivity index (χ3v) is 1.64. The van der Waals surface area contributed by atoms with Crippen LogP contribution < -0.4 is 5.73 Å². The summed E-state index contributed by atoms with van der Waals surface area (Å²) in [7, 11) is 0. The van der Waals surface area contributed by atoms with E-state index in [1.807, 2.05) is 0 Å². The van der Waals surface area contributed by atoms with Gasteiger partial charge in [0.05, 0.1) is 5.02 Å². The number of rotatable bonds is 1. The number of alkyl halides is 3. The Morgan fingerprint density at radius 3 is 2.46 bits per heavy atom. The molecule has 0 unspecified atom stereocenters. The first kappa shape index (κ1) is 10.3. The lowest BCUT2D eigenvalue weighted by Gasteiger charge is -2.15. The second kappa shape index (κ2) is 3.51. The van der Waals surface area contributed by atoms with E-state index in [4.69, 9.17) is 17.3 Å². The van der Waals surface area contributed by atoms with Crippen LogP contribution in [0.2, 0.25) is 5.02 Å². The van der Waals surface area contributed by atoms with E-state index in [1.54, 1.807) is 0 Å². The van der Waals surface area contributed by atoms with Crippen LogP contribution in [0, 0.1) is 0 Å². The van der Waals surface area contributed by atoms with E-state index < -0.39 is 12.2 Å². The van der Waals surface area contributed by atoms with Gasteiger partial charge in [0, 0.05) is 12.4 Å². The molecule has 1 rings (SSSR count). The van der Waals surface area contributed by atoms with Crippen molar-refractivity contribution in [1.29, 1.82) is 0 Å². The predicted molar refractivity (Wildman–Crippen MR) is 42.2 cm³/mol. The van der Waals surface area contributed by atoms with Crippen LogP contribution in [0.3, 0.4) is 0 Å². The monoisotopic (exact) mass is 210 g/mol. The van der Waals surface area contributed by atoms with Gasteiger partial charge in [0.2, 0.25) is 0 Å². The lowest BCUT2D eigenvalue weighted by atomic mass is 10.1. The van der Waals surface area contributed by atoms with Crippen LogP contribution in [-0.2, 0) is 0 Å². The molecule has 1 atom stereocenters. The van der Waals surface area contributed by atoms with Crippen molar-refractivity contribution in [1.82, 2.24) is 4.98 Å². The third-order valence-electron chi connectivity index (χ3n) is 1.44. The fraction of sp³-hybridized carbons (Fsp3) is 0.286. The summed E-state index contributed by atoms with van der Waals surface area (Å²) in [5.74, 6) is 0. The maximum absolute atomic E-state index is 12.1. The molecule has 0 aliphatic carbocycles. The summed E-state index contributed by atoms with van der Waals surface area (Å²) in [5, 5.41) is 0.136. The standard InChI is InChI=1S/C7H6ClF3N2/c8-5-1-4(2-13-3-5)6(12)7(9,10)11/h1-3,6H,12H2/t6-/m1/s1. The van der Waals surface area contributed by atoms with Crippen LogP contribution >= 0.6 is 11.6 Å². The van der Waals surface area contributed by atoms with Crippen molar-refractivity contribution in [3.63, 3.8) is 0 Å². The van der Waals surface area contributed by atoms with Crippen LogP contribution in [0.15, 0.2) is 18.5 Å². The Balaban J connectivity index is 2.96. The molecule has 0 aliphatic rings. The van der Waals surface area contributed by atoms with Crippen molar-refractivity contribution in [3.8, 4) is 0 Å². The zero-order valence-electron chi connectivity index (χ0n) is 6.35. The molecule has 0 aliphatic heterocycles. The molecule has 2 N–H and O–H groups in total. The predicted octanol–water partition coefficient (Wildman–Crippen LogP) is 2.30. The third kappa shape index (κ3) is 2.57. The number of nitrogens with two attached hydrogens (primary N) is 1. The number of nitrogens with zero attached hydrogens (tertiary/aromatic N) is 1. The van der Waals surface area contributed by atoms with Gasteiger partial charge in [-0.15, -0.1) is 0 Å². The first-order valence-corrected chi connectivity index (χ1v) is 3.72. The SMILES string of the molecule is N[C@H](c1cncc(Cl)c1)C(F)(F)F. The van der Waals surface area contributed by atoms with Crippen molar-refractivity contribution >= 4 is 11.6 Å². The number of aromatic nitrogens is 1. The average Bonchev–Trinajstić information content (AvgIpc) is 2.01. The molecule has 72 valence electrons. The molecule has 0 bridgehead atoms. The molecule has 13 heavy (non-hydrogen) atoms. The molecule has 0 aromatic carbocycles. The molecule has 1 heterocycles. The molecule has 0 saturated carbocycles. The average molecular weight is 211 g/mol. The summed E-state index contributed by atoms with van der Waals surface area (Å²) < 4.78 is 36.2. The molecule has 2 nitrogen and oxygen atoms in total. The highest BCUT2D eigenvalue weighted by molar-refractivity contribution is 6.30. The Morgan fingerprint density at radius 1 is 1.38 bits per heavy atom. The Hall–Kier alpha value is -0.810. The minimum absolute atomic E-state index is 0.136. The van der Waals surface area contributed by atoms with Crippen LogP contribution in [0.1, 0.15) is 11.6 Å². The molecular formula is C7H6ClF3N2. The molecule has 1 aromatic rings. The first-order valence-electron chi connectivity index (χ1n) is 3.34. The minimum atomic E-state index is -4.47. The number of hydrogen-bond acceptors (Lipinski definition) is 2. The van der Waals surface area contributed by atoms with E-state index >= 15 is 0 Å². The lowest BCUT2D eigenvalue weighted by Crippen LogP contribution is -2.28. The van der Waals surface area contributed by atoms with Gasteiger partial charge >= 0.3 is 6.18 Å². The van der Waals surface area contributed by atoms with Crippen molar-refractivity contribution in [2.24, 2.45) is 5.73 Å². The van der Waals surface area contributed by atoms with Gasteiger partial charge < -0.3 is 5.73 Å². The van der Waals surface area contributed by atoms with Crippen molar-refractivity contribution < 1.29 is 13.2 Å². The topological polar surface area (TPSA) is 38.9 Å². The summed E-state index contributed by atoms with van der Waals surface area (Å²) in [5.41, 5.74) is 4.78. The van der Waals surface area contributed by atoms with Gasteiger partial charge in [-0.3, -0.25) is 4.98 Å². The van der Waals surface area contributed by atoms with Gasteiger partial charge in [-0.2, -0.15) is 13.2 Å². The van der Waals surface area contributed by atoms with E-state index in [-0.39, 0.29) is 10.6 Å². The summed E-state index contributed by atoms with van der Waals surface area (Å²) in [6.45, 7) is 0. The van der Waals surface area contributed by atoms with Gasteiger partial charge in [0.1, 0.15) is 6.04 Å². The Labute approximate surface area is 77.5 Å². The Morgan fingerprint density at radius 2 is 2.00 bits per heavy atom. The first-order chi connectivity index (χ1) is 5.91. The number of halogens is 4. The quantitative estimate of drug-likeness (QED) is 0.773. The van der Waals surface area contributed by atoms with E-state index in [1.165, 1.54) is 6.20 Å². The molecule has 0 fully saturated rings. The second-order valence-electron chi connectivity index (χ2n) is 2.46. The summed E-state index contributed by atoms with van der Waals surface area (Å²) in [6, 6.07) is -0.883. The summed E-state index contributed by atoms with van der Waals surface area (Å²) in [6.07, 6.45) is -2.18. The maximum atomic E-state index is 12.1.